The molecular formula is C71H133N11O26. The first-order chi connectivity index (χ1) is 50.8. The molecular weight excluding hydrogens is 1420 g/mol. The van der Waals surface area contributed by atoms with Crippen molar-refractivity contribution in [2.45, 2.75) is 240 Å². The first-order valence-corrected chi connectivity index (χ1v) is 37.2. The Labute approximate surface area is 636 Å². The first-order valence-electron chi connectivity index (χ1n) is 37.2. The number of hydrogen-bond donors (Lipinski definition) is 17. The average Bonchev–Trinajstić information content (AvgIpc) is 0.487. The highest BCUT2D eigenvalue weighted by Gasteiger charge is 2.40. The van der Waals surface area contributed by atoms with Gasteiger partial charge in [0.25, 0.3) is 0 Å². The Kier molecular flexibility index (Phi) is 54.2. The van der Waals surface area contributed by atoms with E-state index in [1.807, 2.05) is 27.7 Å². The summed E-state index contributed by atoms with van der Waals surface area (Å²) >= 11 is 0. The molecule has 628 valence electrons. The second-order valence-electron chi connectivity index (χ2n) is 27.8. The molecule has 0 aliphatic rings. The van der Waals surface area contributed by atoms with Gasteiger partial charge >= 0.3 is 0 Å². The molecule has 11 amide bonds. The maximum atomic E-state index is 13.5. The van der Waals surface area contributed by atoms with E-state index >= 15 is 0 Å². The third kappa shape index (κ3) is 45.7. The van der Waals surface area contributed by atoms with E-state index in [1.54, 1.807) is 41.5 Å². The SMILES string of the molecule is CCC(CNC(=O)C(C)CC(C)C(=O)NCC(C)C)CC(C)OC[C@@H](NC(C)=O)C(OCCC(=O)NCCNC(=O)C(C)CC(C)OC[C@@H](NC(C)=O)C(O)C(O)C(O)OC)C(OCCC(=O)NCCNC(C)=O)C(OC)OCCC(=O)NCCNC(=O)C(C)CC(C)OC[C@@H](NC(C)=O)C(O)C(O)C(O)OC. The molecule has 17 N–H and O–H groups in total. The smallest absolute Gasteiger partial charge is 0.222 e. The zero-order valence-corrected chi connectivity index (χ0v) is 66.5. The lowest BCUT2D eigenvalue weighted by Gasteiger charge is -2.37. The van der Waals surface area contributed by atoms with Gasteiger partial charge in [-0.15, -0.1) is 0 Å². The van der Waals surface area contributed by atoms with Crippen LogP contribution in [0, 0.1) is 35.5 Å². The van der Waals surface area contributed by atoms with Crippen LogP contribution in [0.25, 0.3) is 0 Å². The minimum Gasteiger partial charge on any atom is -0.388 e. The zero-order chi connectivity index (χ0) is 82.2. The van der Waals surface area contributed by atoms with Gasteiger partial charge in [0.2, 0.25) is 65.0 Å². The van der Waals surface area contributed by atoms with E-state index in [2.05, 4.69) is 68.0 Å². The monoisotopic (exact) mass is 1560 g/mol. The summed E-state index contributed by atoms with van der Waals surface area (Å²) in [5.41, 5.74) is 0. The molecule has 0 fully saturated rings. The highest BCUT2D eigenvalue weighted by atomic mass is 16.7. The molecule has 0 saturated carbocycles. The summed E-state index contributed by atoms with van der Waals surface area (Å²) in [6.07, 6.45) is -15.2. The Morgan fingerprint density at radius 1 is 0.343 bits per heavy atom. The third-order valence-electron chi connectivity index (χ3n) is 17.2. The largest absolute Gasteiger partial charge is 0.388 e. The van der Waals surface area contributed by atoms with Gasteiger partial charge in [-0.3, -0.25) is 52.7 Å². The van der Waals surface area contributed by atoms with E-state index < -0.39 is 151 Å². The summed E-state index contributed by atoms with van der Waals surface area (Å²) in [7, 11) is 3.52. The lowest BCUT2D eigenvalue weighted by molar-refractivity contribution is -0.232. The molecule has 0 bridgehead atoms. The van der Waals surface area contributed by atoms with Gasteiger partial charge in [0.05, 0.1) is 82.5 Å². The van der Waals surface area contributed by atoms with E-state index in [1.165, 1.54) is 34.8 Å². The molecule has 37 nitrogen and oxygen atoms in total. The van der Waals surface area contributed by atoms with E-state index in [-0.39, 0.29) is 152 Å². The number of aliphatic hydroxyl groups is 6. The summed E-state index contributed by atoms with van der Waals surface area (Å²) in [4.78, 5) is 141. The number of amides is 11. The minimum atomic E-state index is -1.78. The molecule has 0 aliphatic heterocycles. The average molecular weight is 1560 g/mol. The van der Waals surface area contributed by atoms with Crippen LogP contribution >= 0.6 is 0 Å². The fraction of sp³-hybridized carbons (Fsp3) is 0.845. The molecule has 0 heterocycles. The van der Waals surface area contributed by atoms with Crippen molar-refractivity contribution in [3.05, 3.63) is 0 Å². The van der Waals surface area contributed by atoms with Crippen molar-refractivity contribution in [1.29, 1.82) is 0 Å². The van der Waals surface area contributed by atoms with Gasteiger partial charge in [-0.2, -0.15) is 0 Å². The van der Waals surface area contributed by atoms with Gasteiger partial charge in [0, 0.05) is 138 Å². The van der Waals surface area contributed by atoms with Gasteiger partial charge in [0.15, 0.2) is 18.9 Å². The molecule has 108 heavy (non-hydrogen) atoms. The maximum Gasteiger partial charge on any atom is 0.222 e. The second kappa shape index (κ2) is 57.6. The highest BCUT2D eigenvalue weighted by molar-refractivity contribution is 5.82. The fourth-order valence-corrected chi connectivity index (χ4v) is 11.0. The molecule has 20 atom stereocenters. The zero-order valence-electron chi connectivity index (χ0n) is 66.5. The Hall–Kier alpha value is -6.43. The molecule has 37 heteroatoms. The number of carbonyl (C=O) groups is 11. The normalized spacial score (nSPS) is 17.2. The van der Waals surface area contributed by atoms with E-state index in [0.717, 1.165) is 14.2 Å². The molecule has 0 aliphatic carbocycles. The van der Waals surface area contributed by atoms with Gasteiger partial charge in [-0.1, -0.05) is 54.9 Å². The van der Waals surface area contributed by atoms with Crippen LogP contribution in [-0.4, -0.2) is 301 Å². The summed E-state index contributed by atoms with van der Waals surface area (Å²) in [5.74, 6) is -6.42. The molecule has 0 spiro atoms. The summed E-state index contributed by atoms with van der Waals surface area (Å²) in [6.45, 7) is 22.2. The van der Waals surface area contributed by atoms with Crippen molar-refractivity contribution in [3.63, 3.8) is 0 Å². The molecule has 17 unspecified atom stereocenters. The standard InChI is InChI=1S/C71H133N11O26/c1-18-52(36-79-68(97)42(5)31-41(4)67(96)78-35-40(2)3)34-47(10)108-39-55(82-51(14)86)63(103-28-19-56(87)74-24-26-76-65(94)43(6)32-45(8)106-37-53(80-49(12)84)59(90)61(92)69(98)100-15)64(104-29-20-57(88)73-23-22-72-48(11)83)71(102-17)105-30-21-58(89)75-25-27-77-66(95)44(7)33-46(9)107-38-54(81-50(13)85)60(91)62(93)70(99)101-16/h40-47,52-55,59-64,69-71,90-93,98-99H,18-39H2,1-17H3,(H,72,83)(H,73,88)(H,74,87)(H,75,89)(H,76,94)(H,77,95)(H,78,96)(H,79,97)(H,80,84)(H,81,85)(H,82,86)/t41?,42?,43?,44?,45?,46?,47?,52?,53-,54-,55-,59?,60?,61?,62?,63?,64?,69?,70?,71?/m1/s1. The van der Waals surface area contributed by atoms with Crippen molar-refractivity contribution in [1.82, 2.24) is 58.5 Å². The van der Waals surface area contributed by atoms with Crippen LogP contribution in [0.2, 0.25) is 0 Å². The third-order valence-corrected chi connectivity index (χ3v) is 17.2. The van der Waals surface area contributed by atoms with E-state index in [9.17, 15) is 83.4 Å². The van der Waals surface area contributed by atoms with Crippen LogP contribution in [0.5, 0.6) is 0 Å². The number of carbonyl (C=O) groups excluding carboxylic acids is 11. The van der Waals surface area contributed by atoms with Crippen LogP contribution in [0.3, 0.4) is 0 Å². The Bertz CT molecular complexity index is 2620. The molecule has 0 radical (unpaired) electrons. The second-order valence-corrected chi connectivity index (χ2v) is 27.8. The number of nitrogens with one attached hydrogen (secondary N) is 11. The minimum absolute atomic E-state index is 0.00109. The molecule has 0 saturated heterocycles. The number of rotatable bonds is 62. The Morgan fingerprint density at radius 2 is 0.676 bits per heavy atom. The number of hydrogen-bond acceptors (Lipinski definition) is 26. The van der Waals surface area contributed by atoms with Crippen molar-refractivity contribution in [3.8, 4) is 0 Å². The topological polar surface area (TPSA) is 525 Å². The Morgan fingerprint density at radius 3 is 1.05 bits per heavy atom. The number of methoxy groups -OCH3 is 3. The number of aliphatic hydroxyl groups excluding tert-OH is 6. The van der Waals surface area contributed by atoms with Crippen LogP contribution in [-0.2, 0) is 95.4 Å². The van der Waals surface area contributed by atoms with Gasteiger partial charge in [-0.25, -0.2) is 0 Å². The van der Waals surface area contributed by atoms with E-state index in [4.69, 9.17) is 33.2 Å². The van der Waals surface area contributed by atoms with Crippen LogP contribution in [0.15, 0.2) is 0 Å². The lowest BCUT2D eigenvalue weighted by Crippen LogP contribution is -2.57. The van der Waals surface area contributed by atoms with Crippen molar-refractivity contribution < 1.29 is 126 Å². The predicted molar refractivity (Wildman–Crippen MR) is 393 cm³/mol. The van der Waals surface area contributed by atoms with Crippen LogP contribution < -0.4 is 58.5 Å². The quantitative estimate of drug-likeness (QED) is 0.0210. The summed E-state index contributed by atoms with van der Waals surface area (Å²) < 4.78 is 52.5. The van der Waals surface area contributed by atoms with Crippen molar-refractivity contribution >= 4 is 65.0 Å². The predicted octanol–water partition coefficient (Wildman–Crippen LogP) is -3.24. The van der Waals surface area contributed by atoms with Gasteiger partial charge in [0.1, 0.15) is 36.6 Å². The maximum absolute atomic E-state index is 13.5. The van der Waals surface area contributed by atoms with Crippen LogP contribution in [0.1, 0.15) is 148 Å². The lowest BCUT2D eigenvalue weighted by atomic mass is 9.94. The molecule has 0 aromatic heterocycles. The van der Waals surface area contributed by atoms with E-state index in [0.29, 0.717) is 32.4 Å². The number of ether oxygens (including phenoxy) is 9. The van der Waals surface area contributed by atoms with Crippen molar-refractivity contribution in [2.24, 2.45) is 35.5 Å². The Balaban J connectivity index is 6.72. The molecule has 0 aromatic carbocycles. The first kappa shape index (κ1) is 102. The summed E-state index contributed by atoms with van der Waals surface area (Å²) in [5, 5.41) is 91.4. The van der Waals surface area contributed by atoms with Crippen molar-refractivity contribution in [2.75, 3.05) is 113 Å². The molecule has 0 rings (SSSR count). The highest BCUT2D eigenvalue weighted by Crippen LogP contribution is 2.22. The van der Waals surface area contributed by atoms with Gasteiger partial charge in [-0.05, 0) is 58.3 Å². The fourth-order valence-electron chi connectivity index (χ4n) is 11.0. The van der Waals surface area contributed by atoms with Gasteiger partial charge < -0.3 is 132 Å². The summed E-state index contributed by atoms with van der Waals surface area (Å²) in [6, 6.07) is -3.39. The van der Waals surface area contributed by atoms with Crippen LogP contribution in [0.4, 0.5) is 0 Å². The molecule has 0 aromatic rings.